The summed E-state index contributed by atoms with van der Waals surface area (Å²) in [5, 5.41) is 10.3. The Hall–Kier alpha value is -2.51. The van der Waals surface area contributed by atoms with Gasteiger partial charge < -0.3 is 9.84 Å². The molecule has 120 valence electrons. The van der Waals surface area contributed by atoms with Gasteiger partial charge in [0.25, 0.3) is 0 Å². The number of carbonyl (C=O) groups excluding carboxylic acids is 1. The zero-order valence-electron chi connectivity index (χ0n) is 11.4. The van der Waals surface area contributed by atoms with Crippen molar-refractivity contribution >= 4 is 12.1 Å². The lowest BCUT2D eigenvalue weighted by Crippen LogP contribution is -2.63. The molecule has 0 heterocycles. The highest BCUT2D eigenvalue weighted by molar-refractivity contribution is 5.85. The molecular formula is C14H14F3NO4. The zero-order chi connectivity index (χ0) is 16.8. The first-order valence-electron chi connectivity index (χ1n) is 6.13. The molecule has 0 fully saturated rings. The number of alkyl carbamates (subject to hydrolysis) is 1. The maximum Gasteiger partial charge on any atom is 0.422 e. The Balaban J connectivity index is 2.83. The standard InChI is InChI=1S/C14H14F3NO4/c1-2-8-13(11(19)20,14(15,16)17)18-12(21)22-9-10-6-4-3-5-7-10/h2-7H,1,8-9H2,(H,18,21)(H,19,20). The number of amides is 1. The maximum atomic E-state index is 13.0. The lowest BCUT2D eigenvalue weighted by atomic mass is 9.94. The predicted molar refractivity (Wildman–Crippen MR) is 71.0 cm³/mol. The second kappa shape index (κ2) is 6.97. The van der Waals surface area contributed by atoms with Crippen LogP contribution >= 0.6 is 0 Å². The molecule has 22 heavy (non-hydrogen) atoms. The number of hydrogen-bond acceptors (Lipinski definition) is 3. The number of nitrogens with one attached hydrogen (secondary N) is 1. The monoisotopic (exact) mass is 317 g/mol. The zero-order valence-corrected chi connectivity index (χ0v) is 11.4. The second-order valence-electron chi connectivity index (χ2n) is 4.39. The number of carboxylic acid groups (broad SMARTS) is 1. The molecule has 0 radical (unpaired) electrons. The molecule has 1 aromatic rings. The van der Waals surface area contributed by atoms with Gasteiger partial charge in [0, 0.05) is 6.42 Å². The lowest BCUT2D eigenvalue weighted by molar-refractivity contribution is -0.207. The van der Waals surface area contributed by atoms with E-state index in [1.165, 1.54) is 5.32 Å². The number of ether oxygens (including phenoxy) is 1. The molecule has 1 rings (SSSR count). The van der Waals surface area contributed by atoms with E-state index in [-0.39, 0.29) is 6.61 Å². The Bertz CT molecular complexity index is 545. The topological polar surface area (TPSA) is 75.6 Å². The van der Waals surface area contributed by atoms with E-state index in [9.17, 15) is 22.8 Å². The Labute approximate surface area is 124 Å². The third-order valence-electron chi connectivity index (χ3n) is 2.83. The largest absolute Gasteiger partial charge is 0.479 e. The van der Waals surface area contributed by atoms with Crippen molar-refractivity contribution < 1.29 is 32.6 Å². The molecule has 0 aliphatic heterocycles. The normalized spacial score (nSPS) is 13.8. The fraction of sp³-hybridized carbons (Fsp3) is 0.286. The predicted octanol–water partition coefficient (Wildman–Crippen LogP) is 2.87. The maximum absolute atomic E-state index is 13.0. The SMILES string of the molecule is C=CCC(NC(=O)OCc1ccccc1)(C(=O)O)C(F)(F)F. The second-order valence-corrected chi connectivity index (χ2v) is 4.39. The molecule has 0 bridgehead atoms. The van der Waals surface area contributed by atoms with Gasteiger partial charge >= 0.3 is 18.2 Å². The van der Waals surface area contributed by atoms with E-state index >= 15 is 0 Å². The van der Waals surface area contributed by atoms with Crippen LogP contribution in [-0.2, 0) is 16.1 Å². The van der Waals surface area contributed by atoms with Crippen LogP contribution in [0.1, 0.15) is 12.0 Å². The van der Waals surface area contributed by atoms with Crippen LogP contribution in [0, 0.1) is 0 Å². The van der Waals surface area contributed by atoms with Gasteiger partial charge in [-0.3, -0.25) is 5.32 Å². The van der Waals surface area contributed by atoms with E-state index in [1.807, 2.05) is 0 Å². The summed E-state index contributed by atoms with van der Waals surface area (Å²) in [4.78, 5) is 22.6. The molecule has 0 saturated carbocycles. The summed E-state index contributed by atoms with van der Waals surface area (Å²) in [5.74, 6) is -2.24. The van der Waals surface area contributed by atoms with Crippen molar-refractivity contribution in [2.24, 2.45) is 0 Å². The molecule has 2 N–H and O–H groups in total. The highest BCUT2D eigenvalue weighted by Crippen LogP contribution is 2.34. The first-order chi connectivity index (χ1) is 10.2. The fourth-order valence-corrected chi connectivity index (χ4v) is 1.65. The third kappa shape index (κ3) is 4.00. The molecule has 0 saturated heterocycles. The van der Waals surface area contributed by atoms with Crippen LogP contribution in [-0.4, -0.2) is 28.9 Å². The summed E-state index contributed by atoms with van der Waals surface area (Å²) < 4.78 is 43.7. The molecule has 0 aromatic heterocycles. The molecule has 1 atom stereocenters. The van der Waals surface area contributed by atoms with Gasteiger partial charge in [-0.05, 0) is 5.56 Å². The van der Waals surface area contributed by atoms with Gasteiger partial charge in [0.2, 0.25) is 5.54 Å². The van der Waals surface area contributed by atoms with Crippen LogP contribution in [0.3, 0.4) is 0 Å². The molecule has 5 nitrogen and oxygen atoms in total. The number of halogens is 3. The van der Waals surface area contributed by atoms with Crippen LogP contribution in [0.25, 0.3) is 0 Å². The molecule has 1 amide bonds. The minimum absolute atomic E-state index is 0.283. The average molecular weight is 317 g/mol. The van der Waals surface area contributed by atoms with Gasteiger partial charge in [0.05, 0.1) is 0 Å². The van der Waals surface area contributed by atoms with Crippen molar-refractivity contribution in [1.82, 2.24) is 5.32 Å². The van der Waals surface area contributed by atoms with Gasteiger partial charge in [-0.1, -0.05) is 36.4 Å². The van der Waals surface area contributed by atoms with Crippen molar-refractivity contribution in [2.75, 3.05) is 0 Å². The number of carbonyl (C=O) groups is 2. The number of benzene rings is 1. The van der Waals surface area contributed by atoms with Crippen LogP contribution in [0.4, 0.5) is 18.0 Å². The number of hydrogen-bond donors (Lipinski definition) is 2. The van der Waals surface area contributed by atoms with Crippen molar-refractivity contribution in [1.29, 1.82) is 0 Å². The smallest absolute Gasteiger partial charge is 0.422 e. The number of carboxylic acids is 1. The van der Waals surface area contributed by atoms with E-state index in [4.69, 9.17) is 5.11 Å². The molecule has 8 heteroatoms. The van der Waals surface area contributed by atoms with Gasteiger partial charge in [0.1, 0.15) is 6.61 Å². The molecule has 0 spiro atoms. The van der Waals surface area contributed by atoms with Crippen molar-refractivity contribution in [3.05, 3.63) is 48.6 Å². The summed E-state index contributed by atoms with van der Waals surface area (Å²) in [6.45, 7) is 2.80. The Kier molecular flexibility index (Phi) is 5.56. The number of rotatable bonds is 6. The highest BCUT2D eigenvalue weighted by atomic mass is 19.4. The molecule has 1 unspecified atom stereocenters. The third-order valence-corrected chi connectivity index (χ3v) is 2.83. The first kappa shape index (κ1) is 17.5. The Morgan fingerprint density at radius 3 is 2.32 bits per heavy atom. The van der Waals surface area contributed by atoms with Crippen LogP contribution in [0.15, 0.2) is 43.0 Å². The van der Waals surface area contributed by atoms with E-state index in [1.54, 1.807) is 30.3 Å². The van der Waals surface area contributed by atoms with Crippen LogP contribution in [0.5, 0.6) is 0 Å². The summed E-state index contributed by atoms with van der Waals surface area (Å²) in [5.41, 5.74) is -2.92. The van der Waals surface area contributed by atoms with Crippen LogP contribution in [0.2, 0.25) is 0 Å². The minimum atomic E-state index is -5.21. The lowest BCUT2D eigenvalue weighted by Gasteiger charge is -2.31. The van der Waals surface area contributed by atoms with E-state index in [0.29, 0.717) is 5.56 Å². The quantitative estimate of drug-likeness (QED) is 0.791. The van der Waals surface area contributed by atoms with Crippen LogP contribution < -0.4 is 5.32 Å². The summed E-state index contributed by atoms with van der Waals surface area (Å²) in [6.07, 6.45) is -6.95. The van der Waals surface area contributed by atoms with E-state index < -0.39 is 30.2 Å². The Morgan fingerprint density at radius 1 is 1.27 bits per heavy atom. The van der Waals surface area contributed by atoms with Gasteiger partial charge in [-0.25, -0.2) is 9.59 Å². The van der Waals surface area contributed by atoms with E-state index in [0.717, 1.165) is 6.08 Å². The molecule has 1 aromatic carbocycles. The summed E-state index contributed by atoms with van der Waals surface area (Å²) in [7, 11) is 0. The fourth-order valence-electron chi connectivity index (χ4n) is 1.65. The number of aliphatic carboxylic acids is 1. The number of alkyl halides is 3. The first-order valence-corrected chi connectivity index (χ1v) is 6.13. The van der Waals surface area contributed by atoms with Gasteiger partial charge in [0.15, 0.2) is 0 Å². The molecule has 0 aliphatic rings. The van der Waals surface area contributed by atoms with Crippen molar-refractivity contribution in [2.45, 2.75) is 24.7 Å². The van der Waals surface area contributed by atoms with E-state index in [2.05, 4.69) is 11.3 Å². The van der Waals surface area contributed by atoms with Crippen molar-refractivity contribution in [3.63, 3.8) is 0 Å². The highest BCUT2D eigenvalue weighted by Gasteiger charge is 2.61. The summed E-state index contributed by atoms with van der Waals surface area (Å²) in [6, 6.07) is 8.24. The average Bonchev–Trinajstić information content (AvgIpc) is 2.44. The molecule has 0 aliphatic carbocycles. The summed E-state index contributed by atoms with van der Waals surface area (Å²) >= 11 is 0. The Morgan fingerprint density at radius 2 is 1.86 bits per heavy atom. The minimum Gasteiger partial charge on any atom is -0.479 e. The van der Waals surface area contributed by atoms with Gasteiger partial charge in [-0.15, -0.1) is 6.58 Å². The van der Waals surface area contributed by atoms with Gasteiger partial charge in [-0.2, -0.15) is 13.2 Å². The van der Waals surface area contributed by atoms with Crippen molar-refractivity contribution in [3.8, 4) is 0 Å². The molecular weight excluding hydrogens is 303 g/mol.